The number of carbonyl (C=O) groups is 1. The Bertz CT molecular complexity index is 359. The first-order chi connectivity index (χ1) is 7.22. The minimum absolute atomic E-state index is 0.0248. The molecule has 1 fully saturated rings. The largest absolute Gasteiger partial charge is 0.310 e. The average Bonchev–Trinajstić information content (AvgIpc) is 2.99. The summed E-state index contributed by atoms with van der Waals surface area (Å²) in [5.74, 6) is 1.22. The highest BCUT2D eigenvalue weighted by molar-refractivity contribution is 6.29. The summed E-state index contributed by atoms with van der Waals surface area (Å²) in [4.78, 5) is 11.2. The smallest absolute Gasteiger partial charge is 0.240 e. The molecular formula is C10H14ClN3O. The number of hydrogen-bond acceptors (Lipinski definition) is 2. The second-order valence-electron chi connectivity index (χ2n) is 3.92. The van der Waals surface area contributed by atoms with Crippen LogP contribution in [0, 0.1) is 5.92 Å². The van der Waals surface area contributed by atoms with E-state index >= 15 is 0 Å². The Kier molecular flexibility index (Phi) is 2.95. The van der Waals surface area contributed by atoms with Crippen LogP contribution in [0.5, 0.6) is 0 Å². The van der Waals surface area contributed by atoms with Gasteiger partial charge in [-0.05, 0) is 25.7 Å². The van der Waals surface area contributed by atoms with Crippen LogP contribution < -0.4 is 5.32 Å². The third kappa shape index (κ3) is 2.31. The Balaban J connectivity index is 2.10. The zero-order valence-electron chi connectivity index (χ0n) is 8.61. The molecule has 5 heteroatoms. The van der Waals surface area contributed by atoms with E-state index < -0.39 is 0 Å². The molecule has 15 heavy (non-hydrogen) atoms. The van der Waals surface area contributed by atoms with Gasteiger partial charge in [0.25, 0.3) is 0 Å². The van der Waals surface area contributed by atoms with Crippen LogP contribution in [0.1, 0.15) is 25.8 Å². The molecule has 1 aromatic rings. The molecule has 1 atom stereocenters. The van der Waals surface area contributed by atoms with Crippen LogP contribution in [-0.4, -0.2) is 21.6 Å². The molecule has 4 nitrogen and oxygen atoms in total. The van der Waals surface area contributed by atoms with Crippen molar-refractivity contribution in [2.24, 2.45) is 5.92 Å². The molecular weight excluding hydrogens is 214 g/mol. The fraction of sp³-hybridized carbons (Fsp3) is 0.600. The predicted octanol–water partition coefficient (Wildman–Crippen LogP) is 2.03. The second-order valence-corrected chi connectivity index (χ2v) is 4.19. The Morgan fingerprint density at radius 3 is 3.13 bits per heavy atom. The van der Waals surface area contributed by atoms with Gasteiger partial charge in [0.15, 0.2) is 0 Å². The highest BCUT2D eigenvalue weighted by atomic mass is 35.5. The lowest BCUT2D eigenvalue weighted by atomic mass is 10.2. The third-order valence-electron chi connectivity index (χ3n) is 2.75. The molecule has 1 saturated carbocycles. The summed E-state index contributed by atoms with van der Waals surface area (Å²) in [5, 5.41) is 6.96. The molecule has 1 aromatic heterocycles. The van der Waals surface area contributed by atoms with E-state index in [4.69, 9.17) is 11.6 Å². The fourth-order valence-electron chi connectivity index (χ4n) is 1.69. The van der Waals surface area contributed by atoms with Crippen LogP contribution in [0.15, 0.2) is 12.3 Å². The lowest BCUT2D eigenvalue weighted by molar-refractivity contribution is -0.114. The van der Waals surface area contributed by atoms with Crippen LogP contribution >= 0.6 is 11.6 Å². The van der Waals surface area contributed by atoms with Crippen molar-refractivity contribution in [3.05, 3.63) is 12.3 Å². The lowest BCUT2D eigenvalue weighted by Crippen LogP contribution is -2.18. The number of rotatable bonds is 4. The number of nitrogens with zero attached hydrogens (tertiary/aromatic N) is 2. The summed E-state index contributed by atoms with van der Waals surface area (Å²) in [6.07, 6.45) is 4.20. The summed E-state index contributed by atoms with van der Waals surface area (Å²) in [5.41, 5.74) is 0. The molecule has 0 radical (unpaired) electrons. The third-order valence-corrected chi connectivity index (χ3v) is 2.99. The van der Waals surface area contributed by atoms with E-state index in [1.807, 2.05) is 4.68 Å². The maximum Gasteiger partial charge on any atom is 0.240 e. The van der Waals surface area contributed by atoms with Gasteiger partial charge < -0.3 is 5.32 Å². The first-order valence-corrected chi connectivity index (χ1v) is 5.65. The van der Waals surface area contributed by atoms with Crippen LogP contribution in [0.2, 0.25) is 0 Å². The molecule has 1 aliphatic carbocycles. The summed E-state index contributed by atoms with van der Waals surface area (Å²) in [6, 6.07) is 2.15. The number of halogens is 1. The van der Waals surface area contributed by atoms with Gasteiger partial charge in [-0.2, -0.15) is 5.10 Å². The Morgan fingerprint density at radius 1 is 1.80 bits per heavy atom. The van der Waals surface area contributed by atoms with Crippen molar-refractivity contribution in [3.63, 3.8) is 0 Å². The minimum atomic E-state index is -0.193. The van der Waals surface area contributed by atoms with Gasteiger partial charge in [-0.3, -0.25) is 4.79 Å². The quantitative estimate of drug-likeness (QED) is 0.801. The standard InChI is InChI=1S/C10H14ClN3O/c1-7(8-2-3-8)14-9(4-5-12-14)13-10(15)6-11/h4-5,7-8H,2-3,6H2,1H3,(H,13,15)/t7-/m1/s1. The summed E-state index contributed by atoms with van der Waals surface area (Å²) in [7, 11) is 0. The molecule has 1 N–H and O–H groups in total. The molecule has 82 valence electrons. The van der Waals surface area contributed by atoms with Crippen LogP contribution in [0.4, 0.5) is 5.82 Å². The SMILES string of the molecule is C[C@H](C1CC1)n1nccc1NC(=O)CCl. The monoisotopic (exact) mass is 227 g/mol. The summed E-state index contributed by atoms with van der Waals surface area (Å²) in [6.45, 7) is 2.13. The van der Waals surface area contributed by atoms with E-state index in [1.54, 1.807) is 12.3 Å². The summed E-state index contributed by atoms with van der Waals surface area (Å²) >= 11 is 5.43. The van der Waals surface area contributed by atoms with Crippen molar-refractivity contribution in [1.82, 2.24) is 9.78 Å². The van der Waals surface area contributed by atoms with Crippen molar-refractivity contribution < 1.29 is 4.79 Å². The number of amides is 1. The molecule has 1 amide bonds. The van der Waals surface area contributed by atoms with Crippen LogP contribution in [0.25, 0.3) is 0 Å². The number of anilines is 1. The second kappa shape index (κ2) is 4.23. The fourth-order valence-corrected chi connectivity index (χ4v) is 1.76. The van der Waals surface area contributed by atoms with Crippen molar-refractivity contribution in [1.29, 1.82) is 0 Å². The van der Waals surface area contributed by atoms with Gasteiger partial charge in [-0.25, -0.2) is 4.68 Å². The molecule has 1 aliphatic rings. The van der Waals surface area contributed by atoms with E-state index in [0.717, 1.165) is 5.82 Å². The number of alkyl halides is 1. The first kappa shape index (κ1) is 10.5. The van der Waals surface area contributed by atoms with Gasteiger partial charge >= 0.3 is 0 Å². The number of carbonyl (C=O) groups excluding carboxylic acids is 1. The predicted molar refractivity (Wildman–Crippen MR) is 59.0 cm³/mol. The molecule has 0 aliphatic heterocycles. The minimum Gasteiger partial charge on any atom is -0.310 e. The normalized spacial score (nSPS) is 17.5. The van der Waals surface area contributed by atoms with Crippen LogP contribution in [-0.2, 0) is 4.79 Å². The van der Waals surface area contributed by atoms with E-state index in [9.17, 15) is 4.79 Å². The van der Waals surface area contributed by atoms with Crippen molar-refractivity contribution in [2.45, 2.75) is 25.8 Å². The molecule has 2 rings (SSSR count). The maximum absolute atomic E-state index is 11.2. The molecule has 0 spiro atoms. The summed E-state index contributed by atoms with van der Waals surface area (Å²) < 4.78 is 1.86. The topological polar surface area (TPSA) is 46.9 Å². The maximum atomic E-state index is 11.2. The number of aromatic nitrogens is 2. The van der Waals surface area contributed by atoms with Gasteiger partial charge in [0, 0.05) is 6.07 Å². The first-order valence-electron chi connectivity index (χ1n) is 5.11. The van der Waals surface area contributed by atoms with Crippen molar-refractivity contribution in [3.8, 4) is 0 Å². The lowest BCUT2D eigenvalue weighted by Gasteiger charge is -2.14. The van der Waals surface area contributed by atoms with Gasteiger partial charge in [-0.15, -0.1) is 11.6 Å². The Hall–Kier alpha value is -1.03. The average molecular weight is 228 g/mol. The molecule has 0 bridgehead atoms. The highest BCUT2D eigenvalue weighted by Crippen LogP contribution is 2.40. The number of nitrogens with one attached hydrogen (secondary N) is 1. The van der Waals surface area contributed by atoms with Gasteiger partial charge in [-0.1, -0.05) is 0 Å². The van der Waals surface area contributed by atoms with Crippen LogP contribution in [0.3, 0.4) is 0 Å². The highest BCUT2D eigenvalue weighted by Gasteiger charge is 2.30. The Labute approximate surface area is 93.6 Å². The van der Waals surface area contributed by atoms with E-state index in [1.165, 1.54) is 12.8 Å². The van der Waals surface area contributed by atoms with E-state index in [2.05, 4.69) is 17.3 Å². The number of hydrogen-bond donors (Lipinski definition) is 1. The van der Waals surface area contributed by atoms with E-state index in [-0.39, 0.29) is 11.8 Å². The molecule has 0 saturated heterocycles. The van der Waals surface area contributed by atoms with Crippen molar-refractivity contribution in [2.75, 3.05) is 11.2 Å². The Morgan fingerprint density at radius 2 is 2.53 bits per heavy atom. The molecule has 0 unspecified atom stereocenters. The van der Waals surface area contributed by atoms with E-state index in [0.29, 0.717) is 12.0 Å². The van der Waals surface area contributed by atoms with Crippen molar-refractivity contribution >= 4 is 23.3 Å². The zero-order chi connectivity index (χ0) is 10.8. The molecule has 1 heterocycles. The van der Waals surface area contributed by atoms with Gasteiger partial charge in [0.1, 0.15) is 11.7 Å². The van der Waals surface area contributed by atoms with Gasteiger partial charge in [0.05, 0.1) is 12.2 Å². The van der Waals surface area contributed by atoms with Gasteiger partial charge in [0.2, 0.25) is 5.91 Å². The zero-order valence-corrected chi connectivity index (χ0v) is 9.37. The molecule has 0 aromatic carbocycles.